The summed E-state index contributed by atoms with van der Waals surface area (Å²) in [6.45, 7) is 2.62. The fourth-order valence-corrected chi connectivity index (χ4v) is 1.70. The average molecular weight is 259 g/mol. The van der Waals surface area contributed by atoms with E-state index < -0.39 is 0 Å². The quantitative estimate of drug-likeness (QED) is 0.853. The highest BCUT2D eigenvalue weighted by molar-refractivity contribution is 5.56. The summed E-state index contributed by atoms with van der Waals surface area (Å²) in [5.41, 5.74) is 2.05. The maximum atomic E-state index is 5.02. The molecular weight excluding hydrogens is 242 g/mol. The van der Waals surface area contributed by atoms with Crippen molar-refractivity contribution in [2.24, 2.45) is 0 Å². The van der Waals surface area contributed by atoms with Crippen molar-refractivity contribution in [2.75, 3.05) is 24.8 Å². The molecule has 2 heterocycles. The Kier molecular flexibility index (Phi) is 4.12. The molecule has 0 aromatic carbocycles. The monoisotopic (exact) mass is 259 g/mol. The van der Waals surface area contributed by atoms with Gasteiger partial charge in [-0.2, -0.15) is 0 Å². The van der Waals surface area contributed by atoms with Gasteiger partial charge in [0.1, 0.15) is 18.0 Å². The molecule has 0 unspecified atom stereocenters. The van der Waals surface area contributed by atoms with Gasteiger partial charge in [0.25, 0.3) is 0 Å². The van der Waals surface area contributed by atoms with Gasteiger partial charge in [-0.3, -0.25) is 0 Å². The highest BCUT2D eigenvalue weighted by Gasteiger charge is 2.05. The van der Waals surface area contributed by atoms with E-state index >= 15 is 0 Å². The summed E-state index contributed by atoms with van der Waals surface area (Å²) in [6, 6.07) is 3.80. The Morgan fingerprint density at radius 2 is 1.95 bits per heavy atom. The number of hydrogen-bond donors (Lipinski definition) is 2. The van der Waals surface area contributed by atoms with Gasteiger partial charge >= 0.3 is 0 Å². The van der Waals surface area contributed by atoms with E-state index in [0.717, 1.165) is 22.8 Å². The van der Waals surface area contributed by atoms with E-state index in [9.17, 15) is 0 Å². The van der Waals surface area contributed by atoms with Gasteiger partial charge in [0.05, 0.1) is 7.11 Å². The number of aromatic nitrogens is 3. The zero-order chi connectivity index (χ0) is 13.7. The van der Waals surface area contributed by atoms with Gasteiger partial charge in [-0.05, 0) is 12.5 Å². The minimum Gasteiger partial charge on any atom is -0.481 e. The fourth-order valence-electron chi connectivity index (χ4n) is 1.70. The van der Waals surface area contributed by atoms with Crippen molar-refractivity contribution in [3.05, 3.63) is 35.8 Å². The Labute approximate surface area is 112 Å². The third kappa shape index (κ3) is 3.09. The van der Waals surface area contributed by atoms with E-state index in [-0.39, 0.29) is 0 Å². The lowest BCUT2D eigenvalue weighted by atomic mass is 10.2. The molecule has 6 nitrogen and oxygen atoms in total. The summed E-state index contributed by atoms with van der Waals surface area (Å²) < 4.78 is 5.02. The van der Waals surface area contributed by atoms with Gasteiger partial charge in [0.15, 0.2) is 0 Å². The maximum absolute atomic E-state index is 5.02. The van der Waals surface area contributed by atoms with Crippen molar-refractivity contribution < 1.29 is 4.74 Å². The highest BCUT2D eigenvalue weighted by Crippen LogP contribution is 2.18. The number of ether oxygens (including phenoxy) is 1. The van der Waals surface area contributed by atoms with Crippen molar-refractivity contribution in [1.29, 1.82) is 0 Å². The lowest BCUT2D eigenvalue weighted by Gasteiger charge is -2.11. The molecule has 100 valence electrons. The van der Waals surface area contributed by atoms with Gasteiger partial charge in [0.2, 0.25) is 5.88 Å². The molecule has 0 saturated heterocycles. The van der Waals surface area contributed by atoms with E-state index in [2.05, 4.69) is 25.6 Å². The summed E-state index contributed by atoms with van der Waals surface area (Å²) in [7, 11) is 3.44. The van der Waals surface area contributed by atoms with Crippen LogP contribution in [-0.2, 0) is 6.54 Å². The van der Waals surface area contributed by atoms with Gasteiger partial charge in [-0.25, -0.2) is 15.0 Å². The molecule has 0 radical (unpaired) electrons. The Bertz CT molecular complexity index is 541. The molecule has 0 aliphatic carbocycles. The molecule has 0 fully saturated rings. The Morgan fingerprint density at radius 1 is 1.16 bits per heavy atom. The first-order valence-electron chi connectivity index (χ1n) is 5.96. The van der Waals surface area contributed by atoms with Crippen molar-refractivity contribution in [2.45, 2.75) is 13.5 Å². The number of nitrogens with one attached hydrogen (secondary N) is 2. The first kappa shape index (κ1) is 13.1. The molecule has 0 saturated carbocycles. The zero-order valence-electron chi connectivity index (χ0n) is 11.3. The highest BCUT2D eigenvalue weighted by atomic mass is 16.5. The van der Waals surface area contributed by atoms with Crippen molar-refractivity contribution >= 4 is 11.6 Å². The Hall–Kier alpha value is -2.37. The van der Waals surface area contributed by atoms with Crippen LogP contribution in [0.4, 0.5) is 11.6 Å². The van der Waals surface area contributed by atoms with E-state index in [1.54, 1.807) is 13.3 Å². The largest absolute Gasteiger partial charge is 0.481 e. The summed E-state index contributed by atoms with van der Waals surface area (Å²) in [6.07, 6.45) is 3.31. The molecule has 0 bridgehead atoms. The standard InChI is InChI=1S/C13H17N5O/c1-9-12(14-2)17-8-18-13(9)16-7-10-4-5-11(19-3)15-6-10/h4-6,8H,7H2,1-3H3,(H2,14,16,17,18). The second-order valence-electron chi connectivity index (χ2n) is 4.01. The van der Waals surface area contributed by atoms with Crippen LogP contribution in [0, 0.1) is 6.92 Å². The third-order valence-electron chi connectivity index (χ3n) is 2.79. The van der Waals surface area contributed by atoms with Crippen molar-refractivity contribution in [3.63, 3.8) is 0 Å². The van der Waals surface area contributed by atoms with Crippen LogP contribution < -0.4 is 15.4 Å². The summed E-state index contributed by atoms with van der Waals surface area (Å²) >= 11 is 0. The summed E-state index contributed by atoms with van der Waals surface area (Å²) in [5.74, 6) is 2.25. The number of rotatable bonds is 5. The molecule has 0 amide bonds. The lowest BCUT2D eigenvalue weighted by Crippen LogP contribution is -2.06. The van der Waals surface area contributed by atoms with Gasteiger partial charge < -0.3 is 15.4 Å². The van der Waals surface area contributed by atoms with Crippen LogP contribution in [0.2, 0.25) is 0 Å². The topological polar surface area (TPSA) is 72.0 Å². The molecule has 0 atom stereocenters. The first-order valence-corrected chi connectivity index (χ1v) is 5.96. The fraction of sp³-hybridized carbons (Fsp3) is 0.308. The molecule has 2 N–H and O–H groups in total. The molecule has 0 aliphatic heterocycles. The smallest absolute Gasteiger partial charge is 0.212 e. The van der Waals surface area contributed by atoms with Crippen LogP contribution in [0.3, 0.4) is 0 Å². The number of methoxy groups -OCH3 is 1. The number of nitrogens with zero attached hydrogens (tertiary/aromatic N) is 3. The number of hydrogen-bond acceptors (Lipinski definition) is 6. The molecule has 0 spiro atoms. The molecule has 2 aromatic rings. The van der Waals surface area contributed by atoms with E-state index in [1.165, 1.54) is 6.33 Å². The average Bonchev–Trinajstić information content (AvgIpc) is 2.47. The molecular formula is C13H17N5O. The van der Waals surface area contributed by atoms with Crippen molar-refractivity contribution in [3.8, 4) is 5.88 Å². The molecule has 0 aliphatic rings. The number of pyridine rings is 1. The van der Waals surface area contributed by atoms with Gasteiger partial charge in [-0.15, -0.1) is 0 Å². The Balaban J connectivity index is 2.05. The van der Waals surface area contributed by atoms with Crippen molar-refractivity contribution in [1.82, 2.24) is 15.0 Å². The van der Waals surface area contributed by atoms with Gasteiger partial charge in [0, 0.05) is 31.4 Å². The zero-order valence-corrected chi connectivity index (χ0v) is 11.3. The lowest BCUT2D eigenvalue weighted by molar-refractivity contribution is 0.397. The molecule has 2 aromatic heterocycles. The van der Waals surface area contributed by atoms with Crippen LogP contribution in [0.1, 0.15) is 11.1 Å². The normalized spacial score (nSPS) is 10.1. The molecule has 19 heavy (non-hydrogen) atoms. The summed E-state index contributed by atoms with van der Waals surface area (Å²) in [4.78, 5) is 12.5. The SMILES string of the molecule is CNc1ncnc(NCc2ccc(OC)nc2)c1C. The van der Waals surface area contributed by atoms with Crippen LogP contribution in [-0.4, -0.2) is 29.1 Å². The van der Waals surface area contributed by atoms with E-state index in [1.807, 2.05) is 26.1 Å². The maximum Gasteiger partial charge on any atom is 0.212 e. The molecule has 2 rings (SSSR count). The number of anilines is 2. The second kappa shape index (κ2) is 5.99. The predicted molar refractivity (Wildman–Crippen MR) is 74.4 cm³/mol. The van der Waals surface area contributed by atoms with E-state index in [4.69, 9.17) is 4.74 Å². The second-order valence-corrected chi connectivity index (χ2v) is 4.01. The van der Waals surface area contributed by atoms with Gasteiger partial charge in [-0.1, -0.05) is 6.07 Å². The first-order chi connectivity index (χ1) is 9.24. The van der Waals surface area contributed by atoms with Crippen LogP contribution >= 0.6 is 0 Å². The van der Waals surface area contributed by atoms with Crippen LogP contribution in [0.25, 0.3) is 0 Å². The summed E-state index contributed by atoms with van der Waals surface area (Å²) in [5, 5.41) is 6.30. The molecule has 6 heteroatoms. The predicted octanol–water partition coefficient (Wildman–Crippen LogP) is 1.84. The Morgan fingerprint density at radius 3 is 2.58 bits per heavy atom. The minimum absolute atomic E-state index is 0.611. The third-order valence-corrected chi connectivity index (χ3v) is 2.79. The van der Waals surface area contributed by atoms with E-state index in [0.29, 0.717) is 12.4 Å². The van der Waals surface area contributed by atoms with Crippen LogP contribution in [0.15, 0.2) is 24.7 Å². The minimum atomic E-state index is 0.611. The van der Waals surface area contributed by atoms with Crippen LogP contribution in [0.5, 0.6) is 5.88 Å².